The van der Waals surface area contributed by atoms with E-state index < -0.39 is 5.97 Å². The molecular weight excluding hydrogens is 230 g/mol. The van der Waals surface area contributed by atoms with E-state index in [-0.39, 0.29) is 12.3 Å². The van der Waals surface area contributed by atoms with Gasteiger partial charge in [0.25, 0.3) is 0 Å². The first-order chi connectivity index (χ1) is 8.65. The topological polar surface area (TPSA) is 66.4 Å². The number of benzene rings is 1. The lowest BCUT2D eigenvalue weighted by atomic mass is 9.98. The van der Waals surface area contributed by atoms with Crippen LogP contribution in [0.25, 0.3) is 0 Å². The van der Waals surface area contributed by atoms with Crippen LogP contribution in [0.15, 0.2) is 18.2 Å². The second kappa shape index (κ2) is 5.67. The fourth-order valence-electron chi connectivity index (χ4n) is 2.20. The molecule has 0 aromatic heterocycles. The number of amides is 1. The van der Waals surface area contributed by atoms with Crippen LogP contribution < -0.4 is 5.32 Å². The number of hydrogen-bond acceptors (Lipinski definition) is 2. The fourth-order valence-corrected chi connectivity index (χ4v) is 2.20. The maximum Gasteiger partial charge on any atom is 0.303 e. The average molecular weight is 247 g/mol. The van der Waals surface area contributed by atoms with E-state index in [4.69, 9.17) is 5.11 Å². The molecule has 1 aliphatic rings. The SMILES string of the molecule is O=C(O)CCCCc1ccc2c(c1)CCC(=O)N2. The van der Waals surface area contributed by atoms with Crippen molar-refractivity contribution in [2.75, 3.05) is 5.32 Å². The summed E-state index contributed by atoms with van der Waals surface area (Å²) in [5.41, 5.74) is 3.32. The zero-order valence-electron chi connectivity index (χ0n) is 10.2. The van der Waals surface area contributed by atoms with E-state index in [0.29, 0.717) is 12.8 Å². The van der Waals surface area contributed by atoms with Gasteiger partial charge in [-0.3, -0.25) is 9.59 Å². The molecule has 96 valence electrons. The van der Waals surface area contributed by atoms with Crippen molar-refractivity contribution in [2.24, 2.45) is 0 Å². The van der Waals surface area contributed by atoms with Gasteiger partial charge >= 0.3 is 5.97 Å². The summed E-state index contributed by atoms with van der Waals surface area (Å²) in [6.07, 6.45) is 4.08. The minimum absolute atomic E-state index is 0.0803. The van der Waals surface area contributed by atoms with Gasteiger partial charge in [-0.1, -0.05) is 12.1 Å². The second-order valence-electron chi connectivity index (χ2n) is 4.64. The first-order valence-electron chi connectivity index (χ1n) is 6.28. The molecule has 0 spiro atoms. The number of carbonyl (C=O) groups excluding carboxylic acids is 1. The third-order valence-electron chi connectivity index (χ3n) is 3.17. The number of carboxylic acid groups (broad SMARTS) is 1. The number of unbranched alkanes of at least 4 members (excludes halogenated alkanes) is 1. The van der Waals surface area contributed by atoms with E-state index in [0.717, 1.165) is 24.9 Å². The van der Waals surface area contributed by atoms with Crippen molar-refractivity contribution in [1.82, 2.24) is 0 Å². The Morgan fingerprint density at radius 1 is 1.28 bits per heavy atom. The molecule has 4 nitrogen and oxygen atoms in total. The molecule has 0 saturated heterocycles. The molecule has 0 saturated carbocycles. The van der Waals surface area contributed by atoms with Crippen LogP contribution >= 0.6 is 0 Å². The van der Waals surface area contributed by atoms with Crippen molar-refractivity contribution in [1.29, 1.82) is 0 Å². The van der Waals surface area contributed by atoms with E-state index in [2.05, 4.69) is 11.4 Å². The molecule has 0 radical (unpaired) electrons. The van der Waals surface area contributed by atoms with Crippen LogP contribution in [-0.2, 0) is 22.4 Å². The fraction of sp³-hybridized carbons (Fsp3) is 0.429. The van der Waals surface area contributed by atoms with Gasteiger partial charge in [-0.25, -0.2) is 0 Å². The number of aliphatic carboxylic acids is 1. The number of carbonyl (C=O) groups is 2. The zero-order valence-corrected chi connectivity index (χ0v) is 10.2. The molecule has 0 fully saturated rings. The van der Waals surface area contributed by atoms with Crippen LogP contribution in [0.1, 0.15) is 36.8 Å². The summed E-state index contributed by atoms with van der Waals surface area (Å²) >= 11 is 0. The summed E-state index contributed by atoms with van der Waals surface area (Å²) in [6.45, 7) is 0. The third-order valence-corrected chi connectivity index (χ3v) is 3.17. The van der Waals surface area contributed by atoms with Crippen LogP contribution in [0.2, 0.25) is 0 Å². The number of rotatable bonds is 5. The lowest BCUT2D eigenvalue weighted by Crippen LogP contribution is -2.18. The molecule has 1 aromatic rings. The van der Waals surface area contributed by atoms with Crippen molar-refractivity contribution >= 4 is 17.6 Å². The largest absolute Gasteiger partial charge is 0.481 e. The molecule has 1 heterocycles. The molecule has 2 N–H and O–H groups in total. The number of aryl methyl sites for hydroxylation is 2. The lowest BCUT2D eigenvalue weighted by molar-refractivity contribution is -0.137. The van der Waals surface area contributed by atoms with Gasteiger partial charge < -0.3 is 10.4 Å². The minimum atomic E-state index is -0.733. The number of carboxylic acids is 1. The quantitative estimate of drug-likeness (QED) is 0.785. The smallest absolute Gasteiger partial charge is 0.303 e. The van der Waals surface area contributed by atoms with Crippen molar-refractivity contribution in [2.45, 2.75) is 38.5 Å². The molecule has 0 aliphatic carbocycles. The molecule has 4 heteroatoms. The van der Waals surface area contributed by atoms with E-state index in [9.17, 15) is 9.59 Å². The monoisotopic (exact) mass is 247 g/mol. The Bertz CT molecular complexity index is 468. The Morgan fingerprint density at radius 2 is 2.11 bits per heavy atom. The van der Waals surface area contributed by atoms with Crippen LogP contribution in [0, 0.1) is 0 Å². The van der Waals surface area contributed by atoms with Gasteiger partial charge in [0.05, 0.1) is 0 Å². The van der Waals surface area contributed by atoms with Crippen molar-refractivity contribution < 1.29 is 14.7 Å². The number of fused-ring (bicyclic) bond motifs is 1. The van der Waals surface area contributed by atoms with Gasteiger partial charge in [-0.05, 0) is 42.9 Å². The highest BCUT2D eigenvalue weighted by Gasteiger charge is 2.14. The summed E-state index contributed by atoms with van der Waals surface area (Å²) in [6, 6.07) is 6.07. The van der Waals surface area contributed by atoms with Crippen LogP contribution in [0.3, 0.4) is 0 Å². The summed E-state index contributed by atoms with van der Waals surface area (Å²) in [5, 5.41) is 11.4. The third kappa shape index (κ3) is 3.32. The lowest BCUT2D eigenvalue weighted by Gasteiger charge is -2.17. The Hall–Kier alpha value is -1.84. The van der Waals surface area contributed by atoms with Crippen LogP contribution in [-0.4, -0.2) is 17.0 Å². The molecule has 1 aromatic carbocycles. The number of anilines is 1. The average Bonchev–Trinajstić information content (AvgIpc) is 2.34. The Morgan fingerprint density at radius 3 is 2.89 bits per heavy atom. The maximum absolute atomic E-state index is 11.2. The molecule has 1 aliphatic heterocycles. The van der Waals surface area contributed by atoms with Crippen LogP contribution in [0.5, 0.6) is 0 Å². The van der Waals surface area contributed by atoms with Gasteiger partial charge in [-0.15, -0.1) is 0 Å². The van der Waals surface area contributed by atoms with Gasteiger partial charge in [0, 0.05) is 18.5 Å². The van der Waals surface area contributed by atoms with E-state index in [1.165, 1.54) is 11.1 Å². The number of nitrogens with one attached hydrogen (secondary N) is 1. The predicted molar refractivity (Wildman–Crippen MR) is 68.6 cm³/mol. The van der Waals surface area contributed by atoms with Crippen molar-refractivity contribution in [3.05, 3.63) is 29.3 Å². The van der Waals surface area contributed by atoms with Crippen LogP contribution in [0.4, 0.5) is 5.69 Å². The molecule has 0 unspecified atom stereocenters. The molecule has 18 heavy (non-hydrogen) atoms. The van der Waals surface area contributed by atoms with Crippen molar-refractivity contribution in [3.63, 3.8) is 0 Å². The zero-order chi connectivity index (χ0) is 13.0. The highest BCUT2D eigenvalue weighted by atomic mass is 16.4. The van der Waals surface area contributed by atoms with Gasteiger partial charge in [0.15, 0.2) is 0 Å². The first-order valence-corrected chi connectivity index (χ1v) is 6.28. The highest BCUT2D eigenvalue weighted by Crippen LogP contribution is 2.24. The van der Waals surface area contributed by atoms with E-state index >= 15 is 0 Å². The van der Waals surface area contributed by atoms with Gasteiger partial charge in [0.1, 0.15) is 0 Å². The molecule has 1 amide bonds. The molecule has 0 atom stereocenters. The van der Waals surface area contributed by atoms with Crippen molar-refractivity contribution in [3.8, 4) is 0 Å². The van der Waals surface area contributed by atoms with Gasteiger partial charge in [-0.2, -0.15) is 0 Å². The van der Waals surface area contributed by atoms with E-state index in [1.807, 2.05) is 12.1 Å². The number of hydrogen-bond donors (Lipinski definition) is 2. The maximum atomic E-state index is 11.2. The first kappa shape index (κ1) is 12.6. The Kier molecular flexibility index (Phi) is 3.97. The molecule has 0 bridgehead atoms. The summed E-state index contributed by atoms with van der Waals surface area (Å²) < 4.78 is 0. The highest BCUT2D eigenvalue weighted by molar-refractivity contribution is 5.93. The minimum Gasteiger partial charge on any atom is -0.481 e. The Labute approximate surface area is 106 Å². The van der Waals surface area contributed by atoms with E-state index in [1.54, 1.807) is 0 Å². The molecular formula is C14H17NO3. The normalized spacial score (nSPS) is 13.9. The van der Waals surface area contributed by atoms with Gasteiger partial charge in [0.2, 0.25) is 5.91 Å². The molecule has 2 rings (SSSR count). The predicted octanol–water partition coefficient (Wildman–Crippen LogP) is 2.37. The second-order valence-corrected chi connectivity index (χ2v) is 4.64. The summed E-state index contributed by atoms with van der Waals surface area (Å²) in [4.78, 5) is 21.6. The summed E-state index contributed by atoms with van der Waals surface area (Å²) in [7, 11) is 0. The summed E-state index contributed by atoms with van der Waals surface area (Å²) in [5.74, 6) is -0.653. The standard InChI is InChI=1S/C14H17NO3/c16-13-8-6-11-9-10(5-7-12(11)15-13)3-1-2-4-14(17)18/h5,7,9H,1-4,6,8H2,(H,15,16)(H,17,18). The Balaban J connectivity index is 1.91.